The number of ether oxygens (including phenoxy) is 2. The molecule has 0 fully saturated rings. The van der Waals surface area contributed by atoms with E-state index < -0.39 is 22.0 Å². The zero-order valence-electron chi connectivity index (χ0n) is 16.1. The second kappa shape index (κ2) is 9.27. The van der Waals surface area contributed by atoms with E-state index in [0.29, 0.717) is 29.5 Å². The van der Waals surface area contributed by atoms with Gasteiger partial charge in [0.2, 0.25) is 15.9 Å². The summed E-state index contributed by atoms with van der Waals surface area (Å²) in [5.74, 6) is 0.688. The summed E-state index contributed by atoms with van der Waals surface area (Å²) in [6.45, 7) is 5.45. The Morgan fingerprint density at radius 3 is 2.46 bits per heavy atom. The van der Waals surface area contributed by atoms with Crippen LogP contribution in [0.3, 0.4) is 0 Å². The standard InChI is InChI=1S/C20H24N2O5S/c1-5-13-27-19-8-6-7-16(14-19)21-20(23)15(2)22(28(4,24)25)17-9-11-18(26-3)12-10-17/h5-12,14-15H,1,13H2,2-4H3,(H,21,23)/t15-/m1/s1. The smallest absolute Gasteiger partial charge is 0.247 e. The molecule has 2 aromatic carbocycles. The summed E-state index contributed by atoms with van der Waals surface area (Å²) in [6, 6.07) is 12.3. The molecule has 0 heterocycles. The Morgan fingerprint density at radius 1 is 1.21 bits per heavy atom. The highest BCUT2D eigenvalue weighted by Crippen LogP contribution is 2.25. The van der Waals surface area contributed by atoms with E-state index in [1.165, 1.54) is 14.0 Å². The van der Waals surface area contributed by atoms with Gasteiger partial charge in [-0.15, -0.1) is 0 Å². The molecule has 150 valence electrons. The van der Waals surface area contributed by atoms with Gasteiger partial charge in [-0.1, -0.05) is 18.7 Å². The van der Waals surface area contributed by atoms with Crippen molar-refractivity contribution in [3.63, 3.8) is 0 Å². The number of rotatable bonds is 9. The van der Waals surface area contributed by atoms with E-state index in [-0.39, 0.29) is 0 Å². The lowest BCUT2D eigenvalue weighted by molar-refractivity contribution is -0.116. The highest BCUT2D eigenvalue weighted by molar-refractivity contribution is 7.92. The average molecular weight is 404 g/mol. The third-order valence-electron chi connectivity index (χ3n) is 3.88. The van der Waals surface area contributed by atoms with Crippen molar-refractivity contribution in [3.05, 3.63) is 61.2 Å². The molecule has 0 unspecified atom stereocenters. The first-order chi connectivity index (χ1) is 13.3. The van der Waals surface area contributed by atoms with Crippen molar-refractivity contribution in [1.82, 2.24) is 0 Å². The monoisotopic (exact) mass is 404 g/mol. The number of hydrogen-bond acceptors (Lipinski definition) is 5. The molecular formula is C20H24N2O5S. The van der Waals surface area contributed by atoms with E-state index in [9.17, 15) is 13.2 Å². The van der Waals surface area contributed by atoms with E-state index in [2.05, 4.69) is 11.9 Å². The number of methoxy groups -OCH3 is 1. The molecule has 1 N–H and O–H groups in total. The van der Waals surface area contributed by atoms with E-state index in [4.69, 9.17) is 9.47 Å². The maximum atomic E-state index is 12.7. The van der Waals surface area contributed by atoms with Gasteiger partial charge in [0, 0.05) is 11.8 Å². The van der Waals surface area contributed by atoms with Crippen molar-refractivity contribution in [2.24, 2.45) is 0 Å². The van der Waals surface area contributed by atoms with Crippen LogP contribution in [0.2, 0.25) is 0 Å². The summed E-state index contributed by atoms with van der Waals surface area (Å²) in [5, 5.41) is 2.73. The summed E-state index contributed by atoms with van der Waals surface area (Å²) in [7, 11) is -2.18. The van der Waals surface area contributed by atoms with Gasteiger partial charge in [0.15, 0.2) is 0 Å². The fourth-order valence-electron chi connectivity index (χ4n) is 2.60. The van der Waals surface area contributed by atoms with E-state index in [0.717, 1.165) is 10.6 Å². The molecule has 2 aromatic rings. The molecule has 0 aliphatic carbocycles. The Bertz CT molecular complexity index is 926. The highest BCUT2D eigenvalue weighted by Gasteiger charge is 2.29. The summed E-state index contributed by atoms with van der Waals surface area (Å²) in [6.07, 6.45) is 2.68. The molecule has 0 aliphatic heterocycles. The molecule has 0 aliphatic rings. The summed E-state index contributed by atoms with van der Waals surface area (Å²) < 4.78 is 36.3. The molecule has 1 atom stereocenters. The van der Waals surface area contributed by atoms with E-state index >= 15 is 0 Å². The molecule has 7 nitrogen and oxygen atoms in total. The number of amides is 1. The largest absolute Gasteiger partial charge is 0.497 e. The Hall–Kier alpha value is -3.00. The summed E-state index contributed by atoms with van der Waals surface area (Å²) in [4.78, 5) is 12.7. The van der Waals surface area contributed by atoms with E-state index in [1.54, 1.807) is 54.6 Å². The van der Waals surface area contributed by atoms with Crippen LogP contribution in [0.1, 0.15) is 6.92 Å². The first-order valence-corrected chi connectivity index (χ1v) is 10.4. The van der Waals surface area contributed by atoms with Crippen molar-refractivity contribution in [2.75, 3.05) is 29.6 Å². The van der Waals surface area contributed by atoms with Crippen LogP contribution in [0, 0.1) is 0 Å². The van der Waals surface area contributed by atoms with Crippen molar-refractivity contribution in [1.29, 1.82) is 0 Å². The zero-order chi connectivity index (χ0) is 20.7. The van der Waals surface area contributed by atoms with E-state index in [1.807, 2.05) is 0 Å². The van der Waals surface area contributed by atoms with Gasteiger partial charge in [0.1, 0.15) is 24.1 Å². The minimum absolute atomic E-state index is 0.340. The maximum absolute atomic E-state index is 12.7. The number of nitrogens with zero attached hydrogens (tertiary/aromatic N) is 1. The number of carbonyl (C=O) groups excluding carboxylic acids is 1. The number of benzene rings is 2. The molecular weight excluding hydrogens is 380 g/mol. The fraction of sp³-hybridized carbons (Fsp3) is 0.250. The minimum atomic E-state index is -3.70. The molecule has 8 heteroatoms. The van der Waals surface area contributed by atoms with Gasteiger partial charge < -0.3 is 14.8 Å². The van der Waals surface area contributed by atoms with Gasteiger partial charge in [-0.05, 0) is 43.3 Å². The second-order valence-corrected chi connectivity index (χ2v) is 7.91. The first-order valence-electron chi connectivity index (χ1n) is 8.54. The molecule has 0 radical (unpaired) electrons. The maximum Gasteiger partial charge on any atom is 0.247 e. The van der Waals surface area contributed by atoms with Crippen LogP contribution < -0.4 is 19.1 Å². The minimum Gasteiger partial charge on any atom is -0.497 e. The van der Waals surface area contributed by atoms with Gasteiger partial charge in [-0.25, -0.2) is 8.42 Å². The third kappa shape index (κ3) is 5.50. The van der Waals surface area contributed by atoms with Crippen LogP contribution in [-0.2, 0) is 14.8 Å². The number of sulfonamides is 1. The Balaban J connectivity index is 2.23. The summed E-state index contributed by atoms with van der Waals surface area (Å²) >= 11 is 0. The van der Waals surface area contributed by atoms with Crippen LogP contribution in [0.4, 0.5) is 11.4 Å². The molecule has 0 aromatic heterocycles. The molecule has 0 spiro atoms. The first kappa shape index (κ1) is 21.3. The Kier molecular flexibility index (Phi) is 7.06. The lowest BCUT2D eigenvalue weighted by Crippen LogP contribution is -2.45. The van der Waals surface area contributed by atoms with Gasteiger partial charge in [-0.2, -0.15) is 0 Å². The van der Waals surface area contributed by atoms with Gasteiger partial charge in [0.25, 0.3) is 0 Å². The number of hydrogen-bond donors (Lipinski definition) is 1. The lowest BCUT2D eigenvalue weighted by atomic mass is 10.2. The van der Waals surface area contributed by atoms with Crippen LogP contribution in [0.5, 0.6) is 11.5 Å². The quantitative estimate of drug-likeness (QED) is 0.650. The predicted molar refractivity (Wildman–Crippen MR) is 111 cm³/mol. The van der Waals surface area contributed by atoms with Crippen molar-refractivity contribution in [2.45, 2.75) is 13.0 Å². The topological polar surface area (TPSA) is 84.9 Å². The Morgan fingerprint density at radius 2 is 1.89 bits per heavy atom. The van der Waals surface area contributed by atoms with Gasteiger partial charge >= 0.3 is 0 Å². The molecule has 2 rings (SSSR count). The average Bonchev–Trinajstić information content (AvgIpc) is 2.66. The normalized spacial score (nSPS) is 12.0. The van der Waals surface area contributed by atoms with Crippen molar-refractivity contribution >= 4 is 27.3 Å². The predicted octanol–water partition coefficient (Wildman–Crippen LogP) is 3.05. The SMILES string of the molecule is C=CCOc1cccc(NC(=O)[C@@H](C)N(c2ccc(OC)cc2)S(C)(=O)=O)c1. The number of nitrogens with one attached hydrogen (secondary N) is 1. The Labute approximate surface area is 165 Å². The fourth-order valence-corrected chi connectivity index (χ4v) is 3.78. The second-order valence-electron chi connectivity index (χ2n) is 6.05. The molecule has 0 saturated heterocycles. The van der Waals surface area contributed by atoms with Crippen molar-refractivity contribution in [3.8, 4) is 11.5 Å². The van der Waals surface area contributed by atoms with Crippen LogP contribution in [0.25, 0.3) is 0 Å². The van der Waals surface area contributed by atoms with Crippen LogP contribution in [0.15, 0.2) is 61.2 Å². The zero-order valence-corrected chi connectivity index (χ0v) is 16.9. The number of anilines is 2. The van der Waals surface area contributed by atoms with Crippen LogP contribution in [-0.4, -0.2) is 40.3 Å². The molecule has 0 saturated carbocycles. The lowest BCUT2D eigenvalue weighted by Gasteiger charge is -2.28. The molecule has 28 heavy (non-hydrogen) atoms. The molecule has 1 amide bonds. The van der Waals surface area contributed by atoms with Crippen molar-refractivity contribution < 1.29 is 22.7 Å². The number of carbonyl (C=O) groups is 1. The van der Waals surface area contributed by atoms with Gasteiger partial charge in [-0.3, -0.25) is 9.10 Å². The third-order valence-corrected chi connectivity index (χ3v) is 5.13. The van der Waals surface area contributed by atoms with Gasteiger partial charge in [0.05, 0.1) is 19.1 Å². The van der Waals surface area contributed by atoms with Crippen LogP contribution >= 0.6 is 0 Å². The summed E-state index contributed by atoms with van der Waals surface area (Å²) in [5.41, 5.74) is 0.871. The highest BCUT2D eigenvalue weighted by atomic mass is 32.2. The molecule has 0 bridgehead atoms.